The molecule has 7 nitrogen and oxygen atoms in total. The Balaban J connectivity index is 1.69. The predicted molar refractivity (Wildman–Crippen MR) is 107 cm³/mol. The number of nitrogens with one attached hydrogen (secondary N) is 1. The molecule has 0 spiro atoms. The van der Waals surface area contributed by atoms with Gasteiger partial charge in [0.25, 0.3) is 5.91 Å². The lowest BCUT2D eigenvalue weighted by Crippen LogP contribution is -2.15. The monoisotopic (exact) mass is 401 g/mol. The van der Waals surface area contributed by atoms with Gasteiger partial charge in [0, 0.05) is 16.9 Å². The van der Waals surface area contributed by atoms with Gasteiger partial charge >= 0.3 is 0 Å². The van der Waals surface area contributed by atoms with Gasteiger partial charge in [-0.05, 0) is 42.8 Å². The van der Waals surface area contributed by atoms with Gasteiger partial charge in [0.05, 0.1) is 14.2 Å². The van der Waals surface area contributed by atoms with Gasteiger partial charge in [0.2, 0.25) is 5.75 Å². The number of nitrogens with zero attached hydrogens (tertiary/aromatic N) is 2. The molecule has 0 fully saturated rings. The lowest BCUT2D eigenvalue weighted by Gasteiger charge is -2.13. The van der Waals surface area contributed by atoms with Gasteiger partial charge in [-0.15, -0.1) is 0 Å². The van der Waals surface area contributed by atoms with Crippen LogP contribution in [0.15, 0.2) is 48.7 Å². The second-order valence-electron chi connectivity index (χ2n) is 5.87. The first-order chi connectivity index (χ1) is 13.5. The molecule has 1 amide bonds. The van der Waals surface area contributed by atoms with Crippen molar-refractivity contribution >= 4 is 23.2 Å². The van der Waals surface area contributed by atoms with E-state index in [1.165, 1.54) is 4.68 Å². The number of carbonyl (C=O) groups excluding carboxylic acids is 1. The number of anilines is 1. The molecule has 0 saturated carbocycles. The first-order valence-corrected chi connectivity index (χ1v) is 8.85. The van der Waals surface area contributed by atoms with Gasteiger partial charge in [-0.1, -0.05) is 23.7 Å². The van der Waals surface area contributed by atoms with Crippen LogP contribution in [0.3, 0.4) is 0 Å². The quantitative estimate of drug-likeness (QED) is 0.643. The average Bonchev–Trinajstić information content (AvgIpc) is 3.18. The highest BCUT2D eigenvalue weighted by Crippen LogP contribution is 2.36. The first-order valence-electron chi connectivity index (χ1n) is 8.47. The summed E-state index contributed by atoms with van der Waals surface area (Å²) in [6, 6.07) is 12.3. The number of rotatable bonds is 7. The summed E-state index contributed by atoms with van der Waals surface area (Å²) in [6.45, 7) is 1.92. The summed E-state index contributed by atoms with van der Waals surface area (Å²) in [6.07, 6.45) is 1.65. The number of ether oxygens (including phenoxy) is 3. The Morgan fingerprint density at radius 2 is 1.79 bits per heavy atom. The lowest BCUT2D eigenvalue weighted by atomic mass is 10.2. The molecule has 0 atom stereocenters. The summed E-state index contributed by atoms with van der Waals surface area (Å²) in [7, 11) is 3.10. The van der Waals surface area contributed by atoms with E-state index in [-0.39, 0.29) is 18.3 Å². The predicted octanol–water partition coefficient (Wildman–Crippen LogP) is 4.15. The minimum Gasteiger partial charge on any atom is -0.493 e. The molecule has 3 rings (SSSR count). The van der Waals surface area contributed by atoms with Crippen molar-refractivity contribution in [3.8, 4) is 17.2 Å². The molecule has 3 aromatic rings. The fourth-order valence-corrected chi connectivity index (χ4v) is 2.75. The van der Waals surface area contributed by atoms with E-state index in [1.807, 2.05) is 6.92 Å². The molecule has 1 N–H and O–H groups in total. The van der Waals surface area contributed by atoms with Crippen molar-refractivity contribution in [3.63, 3.8) is 0 Å². The first kappa shape index (κ1) is 19.6. The number of amides is 1. The third kappa shape index (κ3) is 4.20. The Bertz CT molecular complexity index is 965. The van der Waals surface area contributed by atoms with Crippen molar-refractivity contribution in [1.29, 1.82) is 0 Å². The number of halogens is 1. The van der Waals surface area contributed by atoms with Crippen molar-refractivity contribution in [1.82, 2.24) is 9.78 Å². The van der Waals surface area contributed by atoms with Crippen LogP contribution in [0, 0.1) is 6.92 Å². The van der Waals surface area contributed by atoms with Crippen molar-refractivity contribution in [2.24, 2.45) is 0 Å². The third-order valence-electron chi connectivity index (χ3n) is 4.11. The molecule has 0 aliphatic heterocycles. The number of para-hydroxylation sites is 1. The topological polar surface area (TPSA) is 74.6 Å². The number of carbonyl (C=O) groups is 1. The summed E-state index contributed by atoms with van der Waals surface area (Å²) >= 11 is 6.09. The fraction of sp³-hybridized carbons (Fsp3) is 0.200. The maximum Gasteiger partial charge on any atom is 0.276 e. The number of aromatic nitrogens is 2. The van der Waals surface area contributed by atoms with Gasteiger partial charge in [-0.2, -0.15) is 5.10 Å². The number of methoxy groups -OCH3 is 2. The highest BCUT2D eigenvalue weighted by molar-refractivity contribution is 6.31. The van der Waals surface area contributed by atoms with Crippen molar-refractivity contribution < 1.29 is 19.0 Å². The fourth-order valence-electron chi connectivity index (χ4n) is 2.57. The van der Waals surface area contributed by atoms with Gasteiger partial charge in [-0.3, -0.25) is 4.79 Å². The Morgan fingerprint density at radius 1 is 1.11 bits per heavy atom. The van der Waals surface area contributed by atoms with E-state index in [2.05, 4.69) is 10.4 Å². The number of hydrogen-bond acceptors (Lipinski definition) is 5. The molecule has 0 unspecified atom stereocenters. The summed E-state index contributed by atoms with van der Waals surface area (Å²) < 4.78 is 17.9. The molecule has 2 aromatic carbocycles. The van der Waals surface area contributed by atoms with E-state index >= 15 is 0 Å². The summed E-state index contributed by atoms with van der Waals surface area (Å²) in [5.74, 6) is 1.21. The molecule has 0 bridgehead atoms. The Morgan fingerprint density at radius 3 is 2.46 bits per heavy atom. The molecular formula is C20H20ClN3O4. The van der Waals surface area contributed by atoms with Crippen molar-refractivity contribution in [2.75, 3.05) is 19.5 Å². The molecule has 0 saturated heterocycles. The molecule has 0 radical (unpaired) electrons. The minimum absolute atomic E-state index is 0.0835. The molecule has 1 aromatic heterocycles. The zero-order valence-electron chi connectivity index (χ0n) is 15.7. The van der Waals surface area contributed by atoms with Gasteiger partial charge in [-0.25, -0.2) is 4.68 Å². The molecule has 0 aliphatic carbocycles. The van der Waals surface area contributed by atoms with E-state index < -0.39 is 0 Å². The Kier molecular flexibility index (Phi) is 6.06. The van der Waals surface area contributed by atoms with Crippen molar-refractivity contribution in [3.05, 3.63) is 64.9 Å². The van der Waals surface area contributed by atoms with Crippen LogP contribution in [-0.4, -0.2) is 29.9 Å². The average molecular weight is 402 g/mol. The van der Waals surface area contributed by atoms with Crippen LogP contribution >= 0.6 is 11.6 Å². The zero-order valence-corrected chi connectivity index (χ0v) is 16.5. The number of hydrogen-bond donors (Lipinski definition) is 1. The number of benzene rings is 2. The van der Waals surface area contributed by atoms with E-state index in [9.17, 15) is 4.79 Å². The normalized spacial score (nSPS) is 10.4. The van der Waals surface area contributed by atoms with E-state index in [1.54, 1.807) is 62.9 Å². The van der Waals surface area contributed by atoms with Crippen LogP contribution in [0.5, 0.6) is 17.2 Å². The van der Waals surface area contributed by atoms with Gasteiger partial charge in [0.15, 0.2) is 23.9 Å². The largest absolute Gasteiger partial charge is 0.493 e. The third-order valence-corrected chi connectivity index (χ3v) is 4.52. The van der Waals surface area contributed by atoms with E-state index in [4.69, 9.17) is 25.8 Å². The Hall–Kier alpha value is -3.19. The maximum absolute atomic E-state index is 12.5. The summed E-state index contributed by atoms with van der Waals surface area (Å²) in [4.78, 5) is 12.5. The second kappa shape index (κ2) is 8.67. The van der Waals surface area contributed by atoms with Crippen LogP contribution < -0.4 is 19.5 Å². The van der Waals surface area contributed by atoms with Crippen LogP contribution in [0.4, 0.5) is 5.69 Å². The standard InChI is InChI=1S/C20H20ClN3O4/c1-13-14(21)6-4-7-15(13)22-20(25)16-10-11-24(23-16)12-28-19-17(26-2)8-5-9-18(19)27-3/h4-11H,12H2,1-3H3,(H,22,25). The van der Waals surface area contributed by atoms with Crippen LogP contribution in [0.25, 0.3) is 0 Å². The SMILES string of the molecule is COc1cccc(OC)c1OCn1ccc(C(=O)Nc2cccc(Cl)c2C)n1. The Labute approximate surface area is 167 Å². The molecular weight excluding hydrogens is 382 g/mol. The summed E-state index contributed by atoms with van der Waals surface area (Å²) in [5.41, 5.74) is 1.69. The molecule has 1 heterocycles. The summed E-state index contributed by atoms with van der Waals surface area (Å²) in [5, 5.41) is 7.65. The van der Waals surface area contributed by atoms with Crippen LogP contribution in [0.1, 0.15) is 16.1 Å². The van der Waals surface area contributed by atoms with Crippen molar-refractivity contribution in [2.45, 2.75) is 13.7 Å². The van der Waals surface area contributed by atoms with E-state index in [0.717, 1.165) is 5.56 Å². The lowest BCUT2D eigenvalue weighted by molar-refractivity contribution is 0.102. The molecule has 8 heteroatoms. The van der Waals surface area contributed by atoms with Crippen LogP contribution in [0.2, 0.25) is 5.02 Å². The molecule has 146 valence electrons. The zero-order chi connectivity index (χ0) is 20.1. The maximum atomic E-state index is 12.5. The highest BCUT2D eigenvalue weighted by atomic mass is 35.5. The van der Waals surface area contributed by atoms with Crippen LogP contribution in [-0.2, 0) is 6.73 Å². The second-order valence-corrected chi connectivity index (χ2v) is 6.28. The van der Waals surface area contributed by atoms with Gasteiger partial charge < -0.3 is 19.5 Å². The minimum atomic E-state index is -0.334. The smallest absolute Gasteiger partial charge is 0.276 e. The highest BCUT2D eigenvalue weighted by Gasteiger charge is 2.14. The van der Waals surface area contributed by atoms with Gasteiger partial charge in [0.1, 0.15) is 0 Å². The molecule has 28 heavy (non-hydrogen) atoms. The van der Waals surface area contributed by atoms with E-state index in [0.29, 0.717) is 28.0 Å². The molecule has 0 aliphatic rings.